The number of nitrogens with zero attached hydrogens (tertiary/aromatic N) is 2. The van der Waals surface area contributed by atoms with E-state index < -0.39 is 0 Å². The van der Waals surface area contributed by atoms with Crippen molar-refractivity contribution in [2.75, 3.05) is 18.0 Å². The van der Waals surface area contributed by atoms with Gasteiger partial charge in [-0.2, -0.15) is 5.10 Å². The predicted molar refractivity (Wildman–Crippen MR) is 62.0 cm³/mol. The summed E-state index contributed by atoms with van der Waals surface area (Å²) in [6.45, 7) is 4.32. The number of H-pyrrole nitrogens is 1. The highest BCUT2D eigenvalue weighted by Crippen LogP contribution is 2.22. The van der Waals surface area contributed by atoms with Gasteiger partial charge in [0, 0.05) is 19.1 Å². The van der Waals surface area contributed by atoms with Crippen LogP contribution in [0.15, 0.2) is 6.20 Å². The van der Waals surface area contributed by atoms with Crippen molar-refractivity contribution in [3.63, 3.8) is 0 Å². The molecule has 1 aromatic rings. The average molecular weight is 208 g/mol. The second-order valence-corrected chi connectivity index (χ2v) is 4.31. The van der Waals surface area contributed by atoms with Crippen LogP contribution in [0.25, 0.3) is 0 Å². The summed E-state index contributed by atoms with van der Waals surface area (Å²) in [5.74, 6) is 0. The summed E-state index contributed by atoms with van der Waals surface area (Å²) in [5, 5.41) is 7.23. The molecule has 2 heterocycles. The van der Waals surface area contributed by atoms with E-state index >= 15 is 0 Å². The van der Waals surface area contributed by atoms with Crippen LogP contribution in [0.1, 0.15) is 31.9 Å². The van der Waals surface area contributed by atoms with Gasteiger partial charge >= 0.3 is 0 Å². The number of aromatic amines is 1. The smallest absolute Gasteiger partial charge is 0.0782 e. The molecule has 0 aliphatic carbocycles. The summed E-state index contributed by atoms with van der Waals surface area (Å²) >= 11 is 0. The fourth-order valence-electron chi connectivity index (χ4n) is 2.15. The molecule has 4 heteroatoms. The highest BCUT2D eigenvalue weighted by atomic mass is 15.2. The van der Waals surface area contributed by atoms with E-state index in [1.165, 1.54) is 11.4 Å². The minimum atomic E-state index is 0.391. The van der Waals surface area contributed by atoms with Gasteiger partial charge in [0.2, 0.25) is 0 Å². The lowest BCUT2D eigenvalue weighted by atomic mass is 10.1. The summed E-state index contributed by atoms with van der Waals surface area (Å²) in [6, 6.07) is 0.391. The molecule has 0 unspecified atom stereocenters. The normalized spacial score (nSPS) is 18.4. The standard InChI is InChI=1S/C11H20N4/c1-2-3-10-11(8-13-14-10)15-6-4-9(12)5-7-15/h8-9H,2-7,12H2,1H3,(H,13,14). The van der Waals surface area contributed by atoms with E-state index in [4.69, 9.17) is 5.73 Å². The summed E-state index contributed by atoms with van der Waals surface area (Å²) in [4.78, 5) is 2.40. The van der Waals surface area contributed by atoms with E-state index in [0.717, 1.165) is 38.8 Å². The molecule has 84 valence electrons. The Morgan fingerprint density at radius 3 is 2.93 bits per heavy atom. The van der Waals surface area contributed by atoms with Crippen molar-refractivity contribution in [2.45, 2.75) is 38.6 Å². The van der Waals surface area contributed by atoms with Crippen molar-refractivity contribution in [3.05, 3.63) is 11.9 Å². The quantitative estimate of drug-likeness (QED) is 0.787. The fraction of sp³-hybridized carbons (Fsp3) is 0.727. The van der Waals surface area contributed by atoms with Gasteiger partial charge in [-0.1, -0.05) is 13.3 Å². The second-order valence-electron chi connectivity index (χ2n) is 4.31. The molecule has 3 N–H and O–H groups in total. The fourth-order valence-corrected chi connectivity index (χ4v) is 2.15. The Labute approximate surface area is 90.8 Å². The number of hydrogen-bond donors (Lipinski definition) is 2. The molecule has 1 saturated heterocycles. The molecule has 0 spiro atoms. The van der Waals surface area contributed by atoms with Crippen LogP contribution in [0.4, 0.5) is 5.69 Å². The SMILES string of the molecule is CCCc1[nH]ncc1N1CCC(N)CC1. The van der Waals surface area contributed by atoms with E-state index in [9.17, 15) is 0 Å². The summed E-state index contributed by atoms with van der Waals surface area (Å²) in [5.41, 5.74) is 8.45. The molecule has 4 nitrogen and oxygen atoms in total. The first-order valence-electron chi connectivity index (χ1n) is 5.84. The number of aryl methyl sites for hydroxylation is 1. The summed E-state index contributed by atoms with van der Waals surface area (Å²) in [6.07, 6.45) is 6.37. The zero-order valence-electron chi connectivity index (χ0n) is 9.37. The van der Waals surface area contributed by atoms with Gasteiger partial charge in [-0.3, -0.25) is 5.10 Å². The van der Waals surface area contributed by atoms with Crippen LogP contribution in [0, 0.1) is 0 Å². The monoisotopic (exact) mass is 208 g/mol. The van der Waals surface area contributed by atoms with Gasteiger partial charge in [0.05, 0.1) is 17.6 Å². The van der Waals surface area contributed by atoms with Gasteiger partial charge < -0.3 is 10.6 Å². The number of rotatable bonds is 3. The van der Waals surface area contributed by atoms with Crippen LogP contribution in [-0.4, -0.2) is 29.3 Å². The summed E-state index contributed by atoms with van der Waals surface area (Å²) in [7, 11) is 0. The molecule has 1 fully saturated rings. The zero-order chi connectivity index (χ0) is 10.7. The van der Waals surface area contributed by atoms with Gasteiger partial charge in [-0.15, -0.1) is 0 Å². The first kappa shape index (κ1) is 10.5. The maximum Gasteiger partial charge on any atom is 0.0782 e. The Morgan fingerprint density at radius 1 is 1.53 bits per heavy atom. The Bertz CT molecular complexity index is 299. The molecule has 0 bridgehead atoms. The lowest BCUT2D eigenvalue weighted by Gasteiger charge is -2.31. The van der Waals surface area contributed by atoms with Gasteiger partial charge in [-0.05, 0) is 19.3 Å². The van der Waals surface area contributed by atoms with Gasteiger partial charge in [0.1, 0.15) is 0 Å². The predicted octanol–water partition coefficient (Wildman–Crippen LogP) is 1.29. The van der Waals surface area contributed by atoms with Crippen LogP contribution >= 0.6 is 0 Å². The third-order valence-electron chi connectivity index (χ3n) is 3.08. The van der Waals surface area contributed by atoms with E-state index in [1.54, 1.807) is 0 Å². The van der Waals surface area contributed by atoms with Crippen LogP contribution in [0.5, 0.6) is 0 Å². The maximum atomic E-state index is 5.90. The van der Waals surface area contributed by atoms with E-state index in [1.807, 2.05) is 6.20 Å². The molecular weight excluding hydrogens is 188 g/mol. The third-order valence-corrected chi connectivity index (χ3v) is 3.08. The third kappa shape index (κ3) is 2.31. The van der Waals surface area contributed by atoms with Crippen molar-refractivity contribution in [1.29, 1.82) is 0 Å². The first-order valence-corrected chi connectivity index (χ1v) is 5.84. The van der Waals surface area contributed by atoms with Crippen molar-refractivity contribution < 1.29 is 0 Å². The van der Waals surface area contributed by atoms with Crippen molar-refractivity contribution in [3.8, 4) is 0 Å². The average Bonchev–Trinajstić information content (AvgIpc) is 2.68. The molecular formula is C11H20N4. The van der Waals surface area contributed by atoms with Crippen molar-refractivity contribution >= 4 is 5.69 Å². The van der Waals surface area contributed by atoms with Crippen LogP contribution in [0.2, 0.25) is 0 Å². The molecule has 0 radical (unpaired) electrons. The van der Waals surface area contributed by atoms with Crippen LogP contribution in [0.3, 0.4) is 0 Å². The van der Waals surface area contributed by atoms with Crippen molar-refractivity contribution in [1.82, 2.24) is 10.2 Å². The van der Waals surface area contributed by atoms with Crippen molar-refractivity contribution in [2.24, 2.45) is 5.73 Å². The minimum Gasteiger partial charge on any atom is -0.369 e. The second kappa shape index (κ2) is 4.66. The van der Waals surface area contributed by atoms with Gasteiger partial charge in [-0.25, -0.2) is 0 Å². The molecule has 0 aromatic carbocycles. The molecule has 2 rings (SSSR count). The van der Waals surface area contributed by atoms with E-state index in [2.05, 4.69) is 22.0 Å². The summed E-state index contributed by atoms with van der Waals surface area (Å²) < 4.78 is 0. The highest BCUT2D eigenvalue weighted by molar-refractivity contribution is 5.49. The minimum absolute atomic E-state index is 0.391. The number of hydrogen-bond acceptors (Lipinski definition) is 3. The molecule has 15 heavy (non-hydrogen) atoms. The molecule has 0 saturated carbocycles. The zero-order valence-corrected chi connectivity index (χ0v) is 9.37. The number of nitrogens with one attached hydrogen (secondary N) is 1. The number of aromatic nitrogens is 2. The number of anilines is 1. The van der Waals surface area contributed by atoms with Crippen LogP contribution < -0.4 is 10.6 Å². The topological polar surface area (TPSA) is 57.9 Å². The lowest BCUT2D eigenvalue weighted by molar-refractivity contribution is 0.500. The molecule has 1 aliphatic rings. The number of piperidine rings is 1. The Morgan fingerprint density at radius 2 is 2.27 bits per heavy atom. The highest BCUT2D eigenvalue weighted by Gasteiger charge is 2.19. The number of nitrogens with two attached hydrogens (primary N) is 1. The van der Waals surface area contributed by atoms with Gasteiger partial charge in [0.15, 0.2) is 0 Å². The largest absolute Gasteiger partial charge is 0.369 e. The lowest BCUT2D eigenvalue weighted by Crippen LogP contribution is -2.39. The molecule has 1 aromatic heterocycles. The first-order chi connectivity index (χ1) is 7.31. The van der Waals surface area contributed by atoms with E-state index in [-0.39, 0.29) is 0 Å². The molecule has 0 amide bonds. The molecule has 0 atom stereocenters. The van der Waals surface area contributed by atoms with E-state index in [0.29, 0.717) is 6.04 Å². The Kier molecular flexibility index (Phi) is 3.26. The molecule has 1 aliphatic heterocycles. The Hall–Kier alpha value is -1.03. The van der Waals surface area contributed by atoms with Crippen LogP contribution in [-0.2, 0) is 6.42 Å². The Balaban J connectivity index is 2.05. The maximum absolute atomic E-state index is 5.90. The van der Waals surface area contributed by atoms with Gasteiger partial charge in [0.25, 0.3) is 0 Å².